The van der Waals surface area contributed by atoms with Gasteiger partial charge in [0.25, 0.3) is 0 Å². The number of ketones is 2. The van der Waals surface area contributed by atoms with Crippen molar-refractivity contribution in [2.75, 3.05) is 7.11 Å². The van der Waals surface area contributed by atoms with Gasteiger partial charge in [-0.25, -0.2) is 0 Å². The van der Waals surface area contributed by atoms with E-state index < -0.39 is 0 Å². The zero-order chi connectivity index (χ0) is 17.4. The van der Waals surface area contributed by atoms with Crippen LogP contribution < -0.4 is 0 Å². The number of phenolic OH excluding ortho intramolecular Hbond substituents is 1. The topological polar surface area (TPSA) is 63.6 Å². The molecule has 0 bridgehead atoms. The highest BCUT2D eigenvalue weighted by atomic mass is 16.5. The molecule has 24 heavy (non-hydrogen) atoms. The summed E-state index contributed by atoms with van der Waals surface area (Å²) in [5, 5.41) is 10.2. The van der Waals surface area contributed by atoms with E-state index in [0.29, 0.717) is 30.4 Å². The number of ether oxygens (including phenoxy) is 1. The second-order valence-electron chi connectivity index (χ2n) is 6.33. The van der Waals surface area contributed by atoms with Gasteiger partial charge in [0.1, 0.15) is 5.75 Å². The quantitative estimate of drug-likeness (QED) is 0.684. The number of phenols is 1. The highest BCUT2D eigenvalue weighted by molar-refractivity contribution is 6.37. The average Bonchev–Trinajstić information content (AvgIpc) is 2.56. The first-order chi connectivity index (χ1) is 11.4. The molecule has 4 nitrogen and oxygen atoms in total. The molecule has 0 saturated carbocycles. The minimum atomic E-state index is -0.211. The van der Waals surface area contributed by atoms with Crippen LogP contribution in [-0.2, 0) is 27.2 Å². The molecule has 0 amide bonds. The normalized spacial score (nSPS) is 16.4. The molecule has 0 unspecified atom stereocenters. The lowest BCUT2D eigenvalue weighted by Crippen LogP contribution is -2.24. The van der Waals surface area contributed by atoms with Gasteiger partial charge in [0.05, 0.1) is 7.11 Å². The third-order valence-electron chi connectivity index (χ3n) is 4.54. The first-order valence-electron chi connectivity index (χ1n) is 7.99. The van der Waals surface area contributed by atoms with Crippen LogP contribution in [0.3, 0.4) is 0 Å². The van der Waals surface area contributed by atoms with E-state index in [9.17, 15) is 14.7 Å². The van der Waals surface area contributed by atoms with Crippen molar-refractivity contribution in [2.24, 2.45) is 0 Å². The number of benzene rings is 1. The molecule has 1 aromatic carbocycles. The van der Waals surface area contributed by atoms with E-state index >= 15 is 0 Å². The number of hydrogen-bond acceptors (Lipinski definition) is 4. The zero-order valence-electron chi connectivity index (χ0n) is 14.1. The zero-order valence-corrected chi connectivity index (χ0v) is 14.1. The minimum Gasteiger partial charge on any atom is -0.508 e. The fourth-order valence-electron chi connectivity index (χ4n) is 3.34. The summed E-state index contributed by atoms with van der Waals surface area (Å²) in [4.78, 5) is 25.0. The second-order valence-corrected chi connectivity index (χ2v) is 6.33. The molecule has 0 radical (unpaired) electrons. The monoisotopic (exact) mass is 324 g/mol. The summed E-state index contributed by atoms with van der Waals surface area (Å²) in [6.45, 7) is 4.01. The van der Waals surface area contributed by atoms with Gasteiger partial charge in [-0.1, -0.05) is 17.7 Å². The van der Waals surface area contributed by atoms with Crippen molar-refractivity contribution in [3.8, 4) is 5.75 Å². The van der Waals surface area contributed by atoms with Crippen molar-refractivity contribution in [2.45, 2.75) is 33.1 Å². The third kappa shape index (κ3) is 2.58. The van der Waals surface area contributed by atoms with Crippen LogP contribution in [0.15, 0.2) is 41.2 Å². The molecule has 3 rings (SSSR count). The summed E-state index contributed by atoms with van der Waals surface area (Å²) in [5.41, 5.74) is 4.70. The van der Waals surface area contributed by atoms with Crippen molar-refractivity contribution < 1.29 is 19.4 Å². The maximum Gasteiger partial charge on any atom is 0.224 e. The van der Waals surface area contributed by atoms with Gasteiger partial charge in [-0.2, -0.15) is 0 Å². The summed E-state index contributed by atoms with van der Waals surface area (Å²) >= 11 is 0. The lowest BCUT2D eigenvalue weighted by atomic mass is 9.77. The number of hydrogen-bond donors (Lipinski definition) is 1. The van der Waals surface area contributed by atoms with Crippen LogP contribution >= 0.6 is 0 Å². The van der Waals surface area contributed by atoms with Crippen molar-refractivity contribution >= 4 is 17.1 Å². The second kappa shape index (κ2) is 6.11. The summed E-state index contributed by atoms with van der Waals surface area (Å²) in [5.74, 6) is -0.0818. The van der Waals surface area contributed by atoms with Crippen LogP contribution in [0.2, 0.25) is 0 Å². The maximum absolute atomic E-state index is 12.5. The molecule has 1 aromatic rings. The fourth-order valence-corrected chi connectivity index (χ4v) is 3.34. The van der Waals surface area contributed by atoms with Gasteiger partial charge in [-0.3, -0.25) is 9.59 Å². The summed E-state index contributed by atoms with van der Waals surface area (Å²) in [7, 11) is 1.40. The Labute approximate surface area is 141 Å². The number of fused-ring (bicyclic) bond motifs is 2. The first-order valence-corrected chi connectivity index (χ1v) is 7.99. The number of methoxy groups -OCH3 is 1. The van der Waals surface area contributed by atoms with Crippen molar-refractivity contribution in [1.29, 1.82) is 0 Å². The number of rotatable bonds is 3. The van der Waals surface area contributed by atoms with Gasteiger partial charge in [0.15, 0.2) is 11.5 Å². The highest BCUT2D eigenvalue weighted by Gasteiger charge is 2.34. The van der Waals surface area contributed by atoms with Gasteiger partial charge in [-0.15, -0.1) is 0 Å². The summed E-state index contributed by atoms with van der Waals surface area (Å²) in [6, 6.07) is 3.35. The Kier molecular flexibility index (Phi) is 4.14. The van der Waals surface area contributed by atoms with E-state index in [1.807, 2.05) is 13.8 Å². The third-order valence-corrected chi connectivity index (χ3v) is 4.54. The van der Waals surface area contributed by atoms with E-state index in [-0.39, 0.29) is 23.1 Å². The summed E-state index contributed by atoms with van der Waals surface area (Å²) in [6.07, 6.45) is 5.04. The Morgan fingerprint density at radius 2 is 2.00 bits per heavy atom. The van der Waals surface area contributed by atoms with Gasteiger partial charge in [-0.05, 0) is 50.3 Å². The van der Waals surface area contributed by atoms with E-state index in [1.54, 1.807) is 12.1 Å². The molecular formula is C20H20O4. The highest BCUT2D eigenvalue weighted by Crippen LogP contribution is 2.40. The van der Waals surface area contributed by atoms with Crippen LogP contribution in [0.5, 0.6) is 5.75 Å². The Morgan fingerprint density at radius 3 is 2.67 bits per heavy atom. The molecule has 0 fully saturated rings. The SMILES string of the molecule is COC1=CC(=O)C2=C(CCc3c2ccc(O)c3CC=C(C)C)C1=O. The lowest BCUT2D eigenvalue weighted by Gasteiger charge is -2.26. The lowest BCUT2D eigenvalue weighted by molar-refractivity contribution is -0.117. The standard InChI is InChI=1S/C20H20O4/c1-11(2)4-5-13-12-6-7-15-19(14(12)8-9-16(13)21)17(22)10-18(24-3)20(15)23/h4,8-10,21H,5-7H2,1-3H3. The fraction of sp³-hybridized carbons (Fsp3) is 0.300. The van der Waals surface area contributed by atoms with Gasteiger partial charge < -0.3 is 9.84 Å². The summed E-state index contributed by atoms with van der Waals surface area (Å²) < 4.78 is 5.03. The van der Waals surface area contributed by atoms with Gasteiger partial charge in [0.2, 0.25) is 5.78 Å². The largest absolute Gasteiger partial charge is 0.508 e. The Bertz CT molecular complexity index is 833. The molecular weight excluding hydrogens is 304 g/mol. The van der Waals surface area contributed by atoms with E-state index in [0.717, 1.165) is 16.7 Å². The van der Waals surface area contributed by atoms with Crippen molar-refractivity contribution in [3.05, 3.63) is 57.9 Å². The molecule has 124 valence electrons. The number of carbonyl (C=O) groups is 2. The van der Waals surface area contributed by atoms with Gasteiger partial charge in [0, 0.05) is 22.8 Å². The Balaban J connectivity index is 2.14. The minimum absolute atomic E-state index is 0.103. The van der Waals surface area contributed by atoms with Crippen LogP contribution in [0.1, 0.15) is 37.0 Å². The first kappa shape index (κ1) is 16.2. The molecule has 0 aliphatic heterocycles. The molecule has 0 spiro atoms. The van der Waals surface area contributed by atoms with Crippen LogP contribution in [0, 0.1) is 0 Å². The van der Waals surface area contributed by atoms with Gasteiger partial charge >= 0.3 is 0 Å². The average molecular weight is 324 g/mol. The molecule has 4 heteroatoms. The predicted octanol–water partition coefficient (Wildman–Crippen LogP) is 3.28. The molecule has 0 heterocycles. The predicted molar refractivity (Wildman–Crippen MR) is 91.6 cm³/mol. The Morgan fingerprint density at radius 1 is 1.25 bits per heavy atom. The molecule has 0 aromatic heterocycles. The Hall–Kier alpha value is -2.62. The van der Waals surface area contributed by atoms with E-state index in [2.05, 4.69) is 6.08 Å². The van der Waals surface area contributed by atoms with Crippen LogP contribution in [0.25, 0.3) is 5.57 Å². The number of Topliss-reactive ketones (excluding diaryl/α,β-unsaturated/α-hetero) is 1. The number of allylic oxidation sites excluding steroid dienone is 5. The maximum atomic E-state index is 12.5. The van der Waals surface area contributed by atoms with Crippen molar-refractivity contribution in [3.63, 3.8) is 0 Å². The molecule has 2 aliphatic carbocycles. The molecule has 2 aliphatic rings. The molecule has 0 atom stereocenters. The van der Waals surface area contributed by atoms with E-state index in [1.165, 1.54) is 18.8 Å². The van der Waals surface area contributed by atoms with Crippen LogP contribution in [0.4, 0.5) is 0 Å². The van der Waals surface area contributed by atoms with Crippen LogP contribution in [-0.4, -0.2) is 23.8 Å². The number of aromatic hydroxyl groups is 1. The molecule has 0 saturated heterocycles. The molecule has 1 N–H and O–H groups in total. The van der Waals surface area contributed by atoms with Crippen molar-refractivity contribution in [1.82, 2.24) is 0 Å². The smallest absolute Gasteiger partial charge is 0.224 e. The van der Waals surface area contributed by atoms with E-state index in [4.69, 9.17) is 4.74 Å². The number of carbonyl (C=O) groups excluding carboxylic acids is 2.